The van der Waals surface area contributed by atoms with Crippen molar-refractivity contribution in [1.29, 1.82) is 0 Å². The lowest BCUT2D eigenvalue weighted by atomic mass is 10.0. The molecule has 0 spiro atoms. The van der Waals surface area contributed by atoms with Gasteiger partial charge in [0.15, 0.2) is 5.13 Å². The normalized spacial score (nSPS) is 11.6. The van der Waals surface area contributed by atoms with Crippen LogP contribution in [0.15, 0.2) is 64.5 Å². The molecule has 27 heavy (non-hydrogen) atoms. The average Bonchev–Trinajstić information content (AvgIpc) is 3.10. The lowest BCUT2D eigenvalue weighted by Gasteiger charge is -2.17. The molecule has 3 aromatic rings. The third-order valence-corrected chi connectivity index (χ3v) is 5.09. The largest absolute Gasteiger partial charge is 0.349 e. The van der Waals surface area contributed by atoms with Gasteiger partial charge in [-0.3, -0.25) is 9.59 Å². The maximum absolute atomic E-state index is 12.5. The van der Waals surface area contributed by atoms with Gasteiger partial charge in [0, 0.05) is 22.3 Å². The molecule has 138 valence electrons. The van der Waals surface area contributed by atoms with Crippen molar-refractivity contribution in [2.45, 2.75) is 19.4 Å². The van der Waals surface area contributed by atoms with Crippen molar-refractivity contribution in [3.05, 3.63) is 70.0 Å². The van der Waals surface area contributed by atoms with Crippen LogP contribution in [0.3, 0.4) is 0 Å². The monoisotopic (exact) mass is 443 g/mol. The number of anilines is 1. The van der Waals surface area contributed by atoms with Crippen molar-refractivity contribution in [3.8, 4) is 11.3 Å². The van der Waals surface area contributed by atoms with Crippen LogP contribution in [0, 0.1) is 0 Å². The van der Waals surface area contributed by atoms with E-state index in [2.05, 4.69) is 31.5 Å². The Hall–Kier alpha value is -2.51. The minimum Gasteiger partial charge on any atom is -0.349 e. The number of benzene rings is 2. The predicted octanol–water partition coefficient (Wildman–Crippen LogP) is 4.78. The van der Waals surface area contributed by atoms with Crippen molar-refractivity contribution in [3.63, 3.8) is 0 Å². The molecule has 0 saturated heterocycles. The quantitative estimate of drug-likeness (QED) is 0.575. The Morgan fingerprint density at radius 2 is 1.93 bits per heavy atom. The Labute approximate surface area is 170 Å². The Balaban J connectivity index is 1.68. The summed E-state index contributed by atoms with van der Waals surface area (Å²) in [5.41, 5.74) is 2.66. The fraction of sp³-hybridized carbons (Fsp3) is 0.150. The number of halogens is 1. The fourth-order valence-corrected chi connectivity index (χ4v) is 3.79. The molecular formula is C20H18BrN3O2S. The number of carbonyl (C=O) groups excluding carboxylic acids is 2. The van der Waals surface area contributed by atoms with Crippen molar-refractivity contribution >= 4 is 44.2 Å². The lowest BCUT2D eigenvalue weighted by Crippen LogP contribution is -2.29. The first-order valence-corrected chi connectivity index (χ1v) is 10.0. The van der Waals surface area contributed by atoms with Gasteiger partial charge in [-0.1, -0.05) is 58.4 Å². The van der Waals surface area contributed by atoms with Gasteiger partial charge in [0.1, 0.15) is 0 Å². The van der Waals surface area contributed by atoms with Gasteiger partial charge in [0.05, 0.1) is 18.2 Å². The van der Waals surface area contributed by atoms with E-state index < -0.39 is 0 Å². The number of nitrogens with zero attached hydrogens (tertiary/aromatic N) is 1. The molecule has 1 atom stereocenters. The van der Waals surface area contributed by atoms with Crippen LogP contribution in [0.2, 0.25) is 0 Å². The third kappa shape index (κ3) is 5.48. The van der Waals surface area contributed by atoms with Crippen LogP contribution in [-0.4, -0.2) is 16.8 Å². The zero-order valence-electron chi connectivity index (χ0n) is 14.6. The average molecular weight is 444 g/mol. The van der Waals surface area contributed by atoms with Crippen LogP contribution in [-0.2, 0) is 9.59 Å². The molecule has 2 amide bonds. The molecule has 0 aliphatic carbocycles. The molecule has 0 aliphatic heterocycles. The molecule has 1 unspecified atom stereocenters. The number of amides is 2. The molecule has 2 aromatic carbocycles. The van der Waals surface area contributed by atoms with Crippen molar-refractivity contribution in [1.82, 2.24) is 10.3 Å². The highest BCUT2D eigenvalue weighted by atomic mass is 79.9. The van der Waals surface area contributed by atoms with Crippen molar-refractivity contribution in [2.75, 3.05) is 5.32 Å². The molecule has 0 aliphatic rings. The summed E-state index contributed by atoms with van der Waals surface area (Å²) in [5, 5.41) is 8.09. The smallest absolute Gasteiger partial charge is 0.228 e. The maximum Gasteiger partial charge on any atom is 0.228 e. The van der Waals surface area contributed by atoms with E-state index in [9.17, 15) is 9.59 Å². The number of nitrogens with one attached hydrogen (secondary N) is 2. The summed E-state index contributed by atoms with van der Waals surface area (Å²) >= 11 is 4.82. The number of carbonyl (C=O) groups is 2. The molecule has 0 radical (unpaired) electrons. The van der Waals surface area contributed by atoms with Crippen molar-refractivity contribution in [2.24, 2.45) is 0 Å². The van der Waals surface area contributed by atoms with Gasteiger partial charge < -0.3 is 10.6 Å². The minimum atomic E-state index is -0.381. The lowest BCUT2D eigenvalue weighted by molar-refractivity contribution is -0.120. The van der Waals surface area contributed by atoms with E-state index in [1.165, 1.54) is 18.3 Å². The van der Waals surface area contributed by atoms with Gasteiger partial charge in [-0.15, -0.1) is 11.3 Å². The number of aromatic nitrogens is 1. The van der Waals surface area contributed by atoms with Crippen LogP contribution >= 0.6 is 27.3 Å². The molecule has 1 aromatic heterocycles. The molecule has 7 heteroatoms. The Kier molecular flexibility index (Phi) is 6.36. The second-order valence-corrected chi connectivity index (χ2v) is 7.74. The summed E-state index contributed by atoms with van der Waals surface area (Å²) in [4.78, 5) is 28.5. The van der Waals surface area contributed by atoms with Crippen molar-refractivity contribution < 1.29 is 9.59 Å². The molecule has 5 nitrogen and oxygen atoms in total. The summed E-state index contributed by atoms with van der Waals surface area (Å²) in [6.07, 6.45) is 0.134. The standard InChI is InChI=1S/C20H18BrN3O2S/c1-13(25)22-17(14-6-3-2-4-7-14)11-19(26)24-20-23-18(12-27-20)15-8-5-9-16(21)10-15/h2-10,12,17H,11H2,1H3,(H,22,25)(H,23,24,26). The molecule has 0 saturated carbocycles. The number of hydrogen-bond acceptors (Lipinski definition) is 4. The summed E-state index contributed by atoms with van der Waals surface area (Å²) in [7, 11) is 0. The highest BCUT2D eigenvalue weighted by Crippen LogP contribution is 2.27. The van der Waals surface area contributed by atoms with E-state index in [0.717, 1.165) is 21.3 Å². The summed E-state index contributed by atoms with van der Waals surface area (Å²) < 4.78 is 0.972. The van der Waals surface area contributed by atoms with Gasteiger partial charge in [0.2, 0.25) is 11.8 Å². The SMILES string of the molecule is CC(=O)NC(CC(=O)Nc1nc(-c2cccc(Br)c2)cs1)c1ccccc1. The van der Waals surface area contributed by atoms with Gasteiger partial charge >= 0.3 is 0 Å². The van der Waals surface area contributed by atoms with Gasteiger partial charge in [-0.2, -0.15) is 0 Å². The first-order chi connectivity index (χ1) is 13.0. The highest BCUT2D eigenvalue weighted by molar-refractivity contribution is 9.10. The van der Waals surface area contributed by atoms with Gasteiger partial charge in [0.25, 0.3) is 0 Å². The van der Waals surface area contributed by atoms with E-state index in [4.69, 9.17) is 0 Å². The van der Waals surface area contributed by atoms with Crippen LogP contribution in [0.4, 0.5) is 5.13 Å². The van der Waals surface area contributed by atoms with E-state index in [1.54, 1.807) is 0 Å². The van der Waals surface area contributed by atoms with Crippen LogP contribution in [0.25, 0.3) is 11.3 Å². The molecule has 0 bridgehead atoms. The Bertz CT molecular complexity index is 943. The molecule has 0 fully saturated rings. The topological polar surface area (TPSA) is 71.1 Å². The predicted molar refractivity (Wildman–Crippen MR) is 111 cm³/mol. The van der Waals surface area contributed by atoms with E-state index in [-0.39, 0.29) is 24.3 Å². The first kappa shape index (κ1) is 19.3. The zero-order chi connectivity index (χ0) is 19.2. The zero-order valence-corrected chi connectivity index (χ0v) is 17.0. The van der Waals surface area contributed by atoms with Crippen LogP contribution in [0.5, 0.6) is 0 Å². The second-order valence-electron chi connectivity index (χ2n) is 5.96. The van der Waals surface area contributed by atoms with Gasteiger partial charge in [-0.25, -0.2) is 4.98 Å². The Morgan fingerprint density at radius 1 is 1.15 bits per heavy atom. The summed E-state index contributed by atoms with van der Waals surface area (Å²) in [6.45, 7) is 1.44. The highest BCUT2D eigenvalue weighted by Gasteiger charge is 2.18. The summed E-state index contributed by atoms with van der Waals surface area (Å²) in [6, 6.07) is 16.9. The van der Waals surface area contributed by atoms with Crippen LogP contribution < -0.4 is 10.6 Å². The van der Waals surface area contributed by atoms with E-state index in [1.807, 2.05) is 60.0 Å². The third-order valence-electron chi connectivity index (χ3n) is 3.84. The number of hydrogen-bond donors (Lipinski definition) is 2. The Morgan fingerprint density at radius 3 is 2.63 bits per heavy atom. The second kappa shape index (κ2) is 8.92. The number of rotatable bonds is 6. The maximum atomic E-state index is 12.5. The summed E-state index contributed by atoms with van der Waals surface area (Å²) in [5.74, 6) is -0.379. The minimum absolute atomic E-state index is 0.134. The van der Waals surface area contributed by atoms with Crippen LogP contribution in [0.1, 0.15) is 24.9 Å². The van der Waals surface area contributed by atoms with E-state index in [0.29, 0.717) is 5.13 Å². The molecule has 3 rings (SSSR count). The van der Waals surface area contributed by atoms with Gasteiger partial charge in [-0.05, 0) is 17.7 Å². The molecular weight excluding hydrogens is 426 g/mol. The number of thiazole rings is 1. The van der Waals surface area contributed by atoms with E-state index >= 15 is 0 Å². The molecule has 2 N–H and O–H groups in total. The fourth-order valence-electron chi connectivity index (χ4n) is 2.65. The molecule has 1 heterocycles. The first-order valence-electron chi connectivity index (χ1n) is 8.34.